The van der Waals surface area contributed by atoms with Gasteiger partial charge in [-0.15, -0.1) is 0 Å². The van der Waals surface area contributed by atoms with Crippen LogP contribution < -0.4 is 10.3 Å². The smallest absolute Gasteiger partial charge is 0.268 e. The van der Waals surface area contributed by atoms with Crippen LogP contribution in [0.4, 0.5) is 0 Å². The molecule has 0 saturated carbocycles. The fourth-order valence-corrected chi connectivity index (χ4v) is 2.29. The van der Waals surface area contributed by atoms with E-state index in [9.17, 15) is 4.79 Å². The molecule has 0 amide bonds. The van der Waals surface area contributed by atoms with Crippen molar-refractivity contribution in [2.24, 2.45) is 0 Å². The summed E-state index contributed by atoms with van der Waals surface area (Å²) in [5.41, 5.74) is 1.57. The number of benzene rings is 1. The number of nitrogens with zero attached hydrogens (tertiary/aromatic N) is 2. The Kier molecular flexibility index (Phi) is 4.78. The van der Waals surface area contributed by atoms with E-state index in [1.165, 1.54) is 0 Å². The maximum Gasteiger partial charge on any atom is 0.268 e. The van der Waals surface area contributed by atoms with E-state index in [0.29, 0.717) is 12.3 Å². The normalized spacial score (nSPS) is 10.1. The number of methoxy groups -OCH3 is 1. The summed E-state index contributed by atoms with van der Waals surface area (Å²) in [7, 11) is 1.61. The van der Waals surface area contributed by atoms with Crippen molar-refractivity contribution >= 4 is 0 Å². The summed E-state index contributed by atoms with van der Waals surface area (Å²) in [5, 5.41) is 9.04. The van der Waals surface area contributed by atoms with Crippen molar-refractivity contribution < 1.29 is 4.74 Å². The molecular weight excluding hydrogens is 264 g/mol. The third-order valence-corrected chi connectivity index (χ3v) is 3.41. The number of unbranched alkanes of at least 4 members (excludes halogenated alkanes) is 1. The molecule has 108 valence electrons. The summed E-state index contributed by atoms with van der Waals surface area (Å²) in [4.78, 5) is 12.4. The van der Waals surface area contributed by atoms with Crippen molar-refractivity contribution in [2.45, 2.75) is 26.3 Å². The average molecular weight is 282 g/mol. The fourth-order valence-electron chi connectivity index (χ4n) is 2.29. The van der Waals surface area contributed by atoms with Crippen LogP contribution in [0.1, 0.15) is 25.3 Å². The van der Waals surface area contributed by atoms with Crippen molar-refractivity contribution in [3.8, 4) is 23.1 Å². The first-order chi connectivity index (χ1) is 10.2. The van der Waals surface area contributed by atoms with E-state index in [0.717, 1.165) is 24.1 Å². The molecule has 0 atom stereocenters. The number of aromatic nitrogens is 1. The van der Waals surface area contributed by atoms with Crippen LogP contribution in [-0.2, 0) is 6.54 Å². The molecule has 0 radical (unpaired) electrons. The van der Waals surface area contributed by atoms with Gasteiger partial charge in [0.1, 0.15) is 17.4 Å². The lowest BCUT2D eigenvalue weighted by Gasteiger charge is -2.15. The Morgan fingerprint density at radius 3 is 2.67 bits per heavy atom. The largest absolute Gasteiger partial charge is 0.496 e. The van der Waals surface area contributed by atoms with Gasteiger partial charge in [0.25, 0.3) is 5.56 Å². The summed E-state index contributed by atoms with van der Waals surface area (Å²) < 4.78 is 7.04. The van der Waals surface area contributed by atoms with Crippen molar-refractivity contribution in [3.63, 3.8) is 0 Å². The SMILES string of the molecule is CCCCn1c(-c2ccccc2OC)ccc(C#N)c1=O. The Balaban J connectivity index is 2.65. The molecule has 1 aromatic carbocycles. The van der Waals surface area contributed by atoms with Crippen LogP contribution in [0, 0.1) is 11.3 Å². The van der Waals surface area contributed by atoms with E-state index < -0.39 is 0 Å². The monoisotopic (exact) mass is 282 g/mol. The van der Waals surface area contributed by atoms with Crippen LogP contribution in [-0.4, -0.2) is 11.7 Å². The second kappa shape index (κ2) is 6.76. The number of hydrogen-bond acceptors (Lipinski definition) is 3. The molecule has 0 aliphatic carbocycles. The Morgan fingerprint density at radius 2 is 2.00 bits per heavy atom. The Labute approximate surface area is 124 Å². The Morgan fingerprint density at radius 1 is 1.24 bits per heavy atom. The second-order valence-electron chi connectivity index (χ2n) is 4.75. The fraction of sp³-hybridized carbons (Fsp3) is 0.294. The quantitative estimate of drug-likeness (QED) is 0.846. The third kappa shape index (κ3) is 2.97. The zero-order valence-corrected chi connectivity index (χ0v) is 12.3. The molecule has 0 fully saturated rings. The highest BCUT2D eigenvalue weighted by atomic mass is 16.5. The van der Waals surface area contributed by atoms with Crippen LogP contribution in [0.15, 0.2) is 41.2 Å². The highest BCUT2D eigenvalue weighted by molar-refractivity contribution is 5.68. The average Bonchev–Trinajstić information content (AvgIpc) is 2.53. The number of para-hydroxylation sites is 1. The van der Waals surface area contributed by atoms with Gasteiger partial charge in [0, 0.05) is 12.1 Å². The van der Waals surface area contributed by atoms with Gasteiger partial charge in [-0.25, -0.2) is 0 Å². The van der Waals surface area contributed by atoms with Crippen LogP contribution in [0.5, 0.6) is 5.75 Å². The van der Waals surface area contributed by atoms with E-state index in [4.69, 9.17) is 10.00 Å². The lowest BCUT2D eigenvalue weighted by Crippen LogP contribution is -2.24. The summed E-state index contributed by atoms with van der Waals surface area (Å²) in [6.07, 6.45) is 1.87. The van der Waals surface area contributed by atoms with E-state index in [1.54, 1.807) is 17.7 Å². The maximum absolute atomic E-state index is 12.4. The highest BCUT2D eigenvalue weighted by Crippen LogP contribution is 2.29. The standard InChI is InChI=1S/C17H18N2O2/c1-3-4-11-19-15(10-9-13(12-18)17(19)20)14-7-5-6-8-16(14)21-2/h5-10H,3-4,11H2,1-2H3. The van der Waals surface area contributed by atoms with Crippen molar-refractivity contribution in [2.75, 3.05) is 7.11 Å². The Hall–Kier alpha value is -2.54. The van der Waals surface area contributed by atoms with E-state index in [-0.39, 0.29) is 11.1 Å². The van der Waals surface area contributed by atoms with Gasteiger partial charge in [-0.1, -0.05) is 25.5 Å². The second-order valence-corrected chi connectivity index (χ2v) is 4.75. The molecule has 21 heavy (non-hydrogen) atoms. The minimum absolute atomic E-state index is 0.171. The third-order valence-electron chi connectivity index (χ3n) is 3.41. The number of hydrogen-bond donors (Lipinski definition) is 0. The minimum atomic E-state index is -0.241. The zero-order chi connectivity index (χ0) is 15.2. The van der Waals surface area contributed by atoms with Gasteiger partial charge in [-0.2, -0.15) is 5.26 Å². The molecule has 2 aromatic rings. The molecule has 1 heterocycles. The highest BCUT2D eigenvalue weighted by Gasteiger charge is 2.13. The number of pyridine rings is 1. The summed E-state index contributed by atoms with van der Waals surface area (Å²) in [6.45, 7) is 2.67. The van der Waals surface area contributed by atoms with Gasteiger partial charge in [-0.05, 0) is 30.7 Å². The molecule has 0 spiro atoms. The summed E-state index contributed by atoms with van der Waals surface area (Å²) in [6, 6.07) is 12.9. The molecule has 2 rings (SSSR count). The molecule has 0 unspecified atom stereocenters. The predicted molar refractivity (Wildman–Crippen MR) is 82.3 cm³/mol. The lowest BCUT2D eigenvalue weighted by atomic mass is 10.1. The van der Waals surface area contributed by atoms with E-state index >= 15 is 0 Å². The minimum Gasteiger partial charge on any atom is -0.496 e. The number of rotatable bonds is 5. The van der Waals surface area contributed by atoms with Gasteiger partial charge in [0.15, 0.2) is 0 Å². The molecule has 0 N–H and O–H groups in total. The van der Waals surface area contributed by atoms with Crippen molar-refractivity contribution in [1.29, 1.82) is 5.26 Å². The van der Waals surface area contributed by atoms with Gasteiger partial charge in [0.05, 0.1) is 12.8 Å². The molecule has 4 nitrogen and oxygen atoms in total. The first kappa shape index (κ1) is 14.9. The van der Waals surface area contributed by atoms with Gasteiger partial charge in [-0.3, -0.25) is 4.79 Å². The number of nitriles is 1. The van der Waals surface area contributed by atoms with E-state index in [2.05, 4.69) is 6.92 Å². The van der Waals surface area contributed by atoms with Crippen molar-refractivity contribution in [1.82, 2.24) is 4.57 Å². The van der Waals surface area contributed by atoms with Gasteiger partial charge in [0.2, 0.25) is 0 Å². The topological polar surface area (TPSA) is 55.0 Å². The van der Waals surface area contributed by atoms with E-state index in [1.807, 2.05) is 36.4 Å². The summed E-state index contributed by atoms with van der Waals surface area (Å²) >= 11 is 0. The lowest BCUT2D eigenvalue weighted by molar-refractivity contribution is 0.416. The zero-order valence-electron chi connectivity index (χ0n) is 12.3. The first-order valence-electron chi connectivity index (χ1n) is 7.00. The number of ether oxygens (including phenoxy) is 1. The van der Waals surface area contributed by atoms with Crippen LogP contribution in [0.25, 0.3) is 11.3 Å². The molecule has 0 bridgehead atoms. The van der Waals surface area contributed by atoms with Crippen molar-refractivity contribution in [3.05, 3.63) is 52.3 Å². The molecular formula is C17H18N2O2. The Bertz CT molecular complexity index is 726. The maximum atomic E-state index is 12.4. The molecule has 0 aliphatic heterocycles. The molecule has 4 heteroatoms. The van der Waals surface area contributed by atoms with Gasteiger partial charge < -0.3 is 9.30 Å². The van der Waals surface area contributed by atoms with Crippen LogP contribution in [0.3, 0.4) is 0 Å². The molecule has 0 aliphatic rings. The van der Waals surface area contributed by atoms with Crippen LogP contribution >= 0.6 is 0 Å². The van der Waals surface area contributed by atoms with Gasteiger partial charge >= 0.3 is 0 Å². The first-order valence-corrected chi connectivity index (χ1v) is 7.00. The molecule has 0 saturated heterocycles. The predicted octanol–water partition coefficient (Wildman–Crippen LogP) is 3.20. The molecule has 1 aromatic heterocycles. The van der Waals surface area contributed by atoms with Crippen LogP contribution in [0.2, 0.25) is 0 Å². The summed E-state index contributed by atoms with van der Waals surface area (Å²) in [5.74, 6) is 0.715.